The van der Waals surface area contributed by atoms with Gasteiger partial charge >= 0.3 is 0 Å². The van der Waals surface area contributed by atoms with E-state index < -0.39 is 0 Å². The number of likely N-dealkylation sites (N-methyl/N-ethyl adjacent to an activating group) is 1. The summed E-state index contributed by atoms with van der Waals surface area (Å²) in [5, 5.41) is 0.773. The number of rotatable bonds is 7. The molecule has 0 atom stereocenters. The Hall–Kier alpha value is -1.10. The van der Waals surface area contributed by atoms with Gasteiger partial charge in [-0.1, -0.05) is 30.1 Å². The third kappa shape index (κ3) is 5.65. The van der Waals surface area contributed by atoms with E-state index in [0.717, 1.165) is 6.42 Å². The zero-order chi connectivity index (χ0) is 16.0. The van der Waals surface area contributed by atoms with Gasteiger partial charge in [-0.05, 0) is 31.2 Å². The van der Waals surface area contributed by atoms with E-state index in [-0.39, 0.29) is 24.8 Å². The molecule has 1 aromatic carbocycles. The second kappa shape index (κ2) is 8.37. The van der Waals surface area contributed by atoms with Crippen LogP contribution in [0.4, 0.5) is 0 Å². The summed E-state index contributed by atoms with van der Waals surface area (Å²) in [4.78, 5) is 27.4. The molecule has 0 aromatic heterocycles. The lowest BCUT2D eigenvalue weighted by molar-refractivity contribution is -0.129. The van der Waals surface area contributed by atoms with E-state index in [4.69, 9.17) is 23.2 Å². The molecular weight excluding hydrogens is 311 g/mol. The van der Waals surface area contributed by atoms with Gasteiger partial charge in [0.15, 0.2) is 5.78 Å². The van der Waals surface area contributed by atoms with Crippen LogP contribution in [0.1, 0.15) is 23.7 Å². The minimum atomic E-state index is -0.0754. The first kappa shape index (κ1) is 18.0. The fraction of sp³-hybridized carbons (Fsp3) is 0.467. The Bertz CT molecular complexity index is 518. The van der Waals surface area contributed by atoms with Crippen molar-refractivity contribution in [2.45, 2.75) is 13.3 Å². The van der Waals surface area contributed by atoms with Crippen molar-refractivity contribution in [3.63, 3.8) is 0 Å². The Morgan fingerprint density at radius 3 is 2.29 bits per heavy atom. The summed E-state index contributed by atoms with van der Waals surface area (Å²) in [6, 6.07) is 4.81. The molecule has 21 heavy (non-hydrogen) atoms. The van der Waals surface area contributed by atoms with Crippen LogP contribution in [0.3, 0.4) is 0 Å². The van der Waals surface area contributed by atoms with Crippen LogP contribution >= 0.6 is 23.2 Å². The predicted octanol–water partition coefficient (Wildman–Crippen LogP) is 2.98. The van der Waals surface area contributed by atoms with E-state index in [9.17, 15) is 9.59 Å². The van der Waals surface area contributed by atoms with E-state index in [0.29, 0.717) is 22.2 Å². The molecular formula is C15H20Cl2N2O2. The molecule has 0 saturated carbocycles. The molecule has 116 valence electrons. The molecule has 0 aliphatic carbocycles. The maximum atomic E-state index is 12.3. The molecule has 0 bridgehead atoms. The zero-order valence-electron chi connectivity index (χ0n) is 12.5. The Labute approximate surface area is 135 Å². The molecule has 1 amide bonds. The van der Waals surface area contributed by atoms with Crippen molar-refractivity contribution in [1.29, 1.82) is 0 Å². The molecule has 1 aromatic rings. The van der Waals surface area contributed by atoms with Gasteiger partial charge in [-0.3, -0.25) is 14.5 Å². The van der Waals surface area contributed by atoms with Gasteiger partial charge in [0.1, 0.15) is 0 Å². The number of Topliss-reactive ketones (excluding diaryl/α,β-unsaturated/α-hetero) is 1. The SMILES string of the molecule is CCCN(CC(=O)c1ccc(Cl)c(Cl)c1)CC(=O)N(C)C. The van der Waals surface area contributed by atoms with Crippen molar-refractivity contribution < 1.29 is 9.59 Å². The van der Waals surface area contributed by atoms with Crippen LogP contribution in [0.5, 0.6) is 0 Å². The van der Waals surface area contributed by atoms with Crippen LogP contribution in [0.15, 0.2) is 18.2 Å². The third-order valence-electron chi connectivity index (χ3n) is 3.01. The summed E-state index contributed by atoms with van der Waals surface area (Å²) in [7, 11) is 3.40. The van der Waals surface area contributed by atoms with E-state index >= 15 is 0 Å². The van der Waals surface area contributed by atoms with Crippen molar-refractivity contribution in [3.05, 3.63) is 33.8 Å². The van der Waals surface area contributed by atoms with Gasteiger partial charge in [0.05, 0.1) is 23.1 Å². The molecule has 4 nitrogen and oxygen atoms in total. The number of hydrogen-bond donors (Lipinski definition) is 0. The average Bonchev–Trinajstić information content (AvgIpc) is 2.41. The van der Waals surface area contributed by atoms with Crippen molar-refractivity contribution in [2.75, 3.05) is 33.7 Å². The maximum absolute atomic E-state index is 12.3. The zero-order valence-corrected chi connectivity index (χ0v) is 14.0. The number of carbonyl (C=O) groups is 2. The highest BCUT2D eigenvalue weighted by atomic mass is 35.5. The van der Waals surface area contributed by atoms with Crippen molar-refractivity contribution >= 4 is 34.9 Å². The van der Waals surface area contributed by atoms with Crippen molar-refractivity contribution in [2.24, 2.45) is 0 Å². The smallest absolute Gasteiger partial charge is 0.236 e. The topological polar surface area (TPSA) is 40.6 Å². The first-order chi connectivity index (χ1) is 9.85. The minimum absolute atomic E-state index is 0.0228. The van der Waals surface area contributed by atoms with Gasteiger partial charge in [-0.2, -0.15) is 0 Å². The summed E-state index contributed by atoms with van der Waals surface area (Å²) in [5.74, 6) is -0.0982. The Balaban J connectivity index is 2.75. The molecule has 0 N–H and O–H groups in total. The number of amides is 1. The number of hydrogen-bond acceptors (Lipinski definition) is 3. The number of nitrogens with zero attached hydrogens (tertiary/aromatic N) is 2. The maximum Gasteiger partial charge on any atom is 0.236 e. The largest absolute Gasteiger partial charge is 0.348 e. The summed E-state index contributed by atoms with van der Waals surface area (Å²) in [6.45, 7) is 3.11. The Morgan fingerprint density at radius 1 is 1.10 bits per heavy atom. The lowest BCUT2D eigenvalue weighted by atomic mass is 10.1. The van der Waals surface area contributed by atoms with Crippen molar-refractivity contribution in [1.82, 2.24) is 9.80 Å². The average molecular weight is 331 g/mol. The monoisotopic (exact) mass is 330 g/mol. The molecule has 0 saturated heterocycles. The van der Waals surface area contributed by atoms with E-state index in [1.807, 2.05) is 11.8 Å². The molecule has 6 heteroatoms. The lowest BCUT2D eigenvalue weighted by Crippen LogP contribution is -2.39. The minimum Gasteiger partial charge on any atom is -0.348 e. The molecule has 0 radical (unpaired) electrons. The fourth-order valence-corrected chi connectivity index (χ4v) is 2.12. The number of benzene rings is 1. The van der Waals surface area contributed by atoms with Gasteiger partial charge in [0.2, 0.25) is 5.91 Å². The molecule has 0 heterocycles. The van der Waals surface area contributed by atoms with Gasteiger partial charge in [0.25, 0.3) is 0 Å². The summed E-state index contributed by atoms with van der Waals surface area (Å²) < 4.78 is 0. The van der Waals surface area contributed by atoms with Crippen LogP contribution in [0, 0.1) is 0 Å². The number of carbonyl (C=O) groups excluding carboxylic acids is 2. The van der Waals surface area contributed by atoms with Gasteiger partial charge < -0.3 is 4.90 Å². The summed E-state index contributed by atoms with van der Waals surface area (Å²) in [6.07, 6.45) is 0.870. The van der Waals surface area contributed by atoms with Crippen LogP contribution < -0.4 is 0 Å². The molecule has 0 unspecified atom stereocenters. The standard InChI is InChI=1S/C15H20Cl2N2O2/c1-4-7-19(10-15(21)18(2)3)9-14(20)11-5-6-12(16)13(17)8-11/h5-6,8H,4,7,9-10H2,1-3H3. The molecule has 0 spiro atoms. The second-order valence-corrected chi connectivity index (χ2v) is 5.87. The number of halogens is 2. The van der Waals surface area contributed by atoms with E-state index in [1.165, 1.54) is 4.90 Å². The van der Waals surface area contributed by atoms with Crippen molar-refractivity contribution in [3.8, 4) is 0 Å². The highest BCUT2D eigenvalue weighted by Crippen LogP contribution is 2.22. The molecule has 1 rings (SSSR count). The lowest BCUT2D eigenvalue weighted by Gasteiger charge is -2.22. The first-order valence-corrected chi connectivity index (χ1v) is 7.51. The summed E-state index contributed by atoms with van der Waals surface area (Å²) in [5.41, 5.74) is 0.503. The fourth-order valence-electron chi connectivity index (χ4n) is 1.83. The van der Waals surface area contributed by atoms with Crippen LogP contribution in [-0.2, 0) is 4.79 Å². The summed E-state index contributed by atoms with van der Waals surface area (Å²) >= 11 is 11.8. The highest BCUT2D eigenvalue weighted by Gasteiger charge is 2.16. The van der Waals surface area contributed by atoms with Gasteiger partial charge in [-0.25, -0.2) is 0 Å². The van der Waals surface area contributed by atoms with Gasteiger partial charge in [0, 0.05) is 19.7 Å². The van der Waals surface area contributed by atoms with Gasteiger partial charge in [-0.15, -0.1) is 0 Å². The quantitative estimate of drug-likeness (QED) is 0.721. The van der Waals surface area contributed by atoms with E-state index in [2.05, 4.69) is 0 Å². The first-order valence-electron chi connectivity index (χ1n) is 6.76. The molecule has 0 aliphatic heterocycles. The third-order valence-corrected chi connectivity index (χ3v) is 3.75. The molecule has 0 aliphatic rings. The predicted molar refractivity (Wildman–Crippen MR) is 86.2 cm³/mol. The van der Waals surface area contributed by atoms with Crippen LogP contribution in [0.25, 0.3) is 0 Å². The second-order valence-electron chi connectivity index (χ2n) is 5.05. The number of ketones is 1. The Morgan fingerprint density at radius 2 is 1.76 bits per heavy atom. The highest BCUT2D eigenvalue weighted by molar-refractivity contribution is 6.42. The Kier molecular flexibility index (Phi) is 7.15. The van der Waals surface area contributed by atoms with Crippen LogP contribution in [0.2, 0.25) is 10.0 Å². The normalized spacial score (nSPS) is 10.8. The van der Waals surface area contributed by atoms with Crippen LogP contribution in [-0.4, -0.2) is 55.2 Å². The van der Waals surface area contributed by atoms with E-state index in [1.54, 1.807) is 32.3 Å². The molecule has 0 fully saturated rings.